The van der Waals surface area contributed by atoms with Gasteiger partial charge >= 0.3 is 0 Å². The molecule has 1 saturated heterocycles. The molecular formula is C17H29N3O. The fourth-order valence-electron chi connectivity index (χ4n) is 3.57. The Kier molecular flexibility index (Phi) is 5.22. The zero-order valence-electron chi connectivity index (χ0n) is 14.1. The molecule has 4 heteroatoms. The Morgan fingerprint density at radius 2 is 2.10 bits per heavy atom. The Hall–Kier alpha value is -1.13. The van der Waals surface area contributed by atoms with Gasteiger partial charge in [-0.1, -0.05) is 0 Å². The third-order valence-electron chi connectivity index (χ3n) is 4.61. The molecule has 21 heavy (non-hydrogen) atoms. The van der Waals surface area contributed by atoms with E-state index < -0.39 is 0 Å². The summed E-state index contributed by atoms with van der Waals surface area (Å²) < 4.78 is 2.22. The first-order valence-corrected chi connectivity index (χ1v) is 8.02. The number of hydrogen-bond acceptors (Lipinski definition) is 3. The first-order chi connectivity index (χ1) is 9.93. The molecule has 1 aromatic heterocycles. The highest BCUT2D eigenvalue weighted by atomic mass is 16.1. The van der Waals surface area contributed by atoms with Gasteiger partial charge in [0.1, 0.15) is 0 Å². The van der Waals surface area contributed by atoms with Gasteiger partial charge in [-0.05, 0) is 60.3 Å². The lowest BCUT2D eigenvalue weighted by atomic mass is 10.1. The monoisotopic (exact) mass is 291 g/mol. The molecule has 2 rings (SSSR count). The summed E-state index contributed by atoms with van der Waals surface area (Å²) in [7, 11) is 4.21. The van der Waals surface area contributed by atoms with Crippen LogP contribution in [-0.2, 0) is 6.54 Å². The Bertz CT molecular complexity index is 504. The van der Waals surface area contributed by atoms with Crippen molar-refractivity contribution in [3.8, 4) is 0 Å². The Morgan fingerprint density at radius 3 is 2.67 bits per heavy atom. The number of Topliss-reactive ketones (excluding diaryl/α,β-unsaturated/α-hetero) is 1. The summed E-state index contributed by atoms with van der Waals surface area (Å²) >= 11 is 0. The zero-order valence-corrected chi connectivity index (χ0v) is 14.1. The van der Waals surface area contributed by atoms with Gasteiger partial charge in [0.05, 0.1) is 6.54 Å². The van der Waals surface area contributed by atoms with Crippen LogP contribution in [0.1, 0.15) is 41.5 Å². The average molecular weight is 291 g/mol. The van der Waals surface area contributed by atoms with Crippen LogP contribution in [0.25, 0.3) is 0 Å². The molecule has 1 aliphatic heterocycles. The van der Waals surface area contributed by atoms with Crippen molar-refractivity contribution in [3.05, 3.63) is 23.0 Å². The van der Waals surface area contributed by atoms with Crippen molar-refractivity contribution < 1.29 is 4.79 Å². The molecule has 0 amide bonds. The number of carbonyl (C=O) groups excluding carboxylic acids is 1. The van der Waals surface area contributed by atoms with E-state index in [9.17, 15) is 4.79 Å². The van der Waals surface area contributed by atoms with E-state index in [1.807, 2.05) is 0 Å². The molecule has 0 saturated carbocycles. The summed E-state index contributed by atoms with van der Waals surface area (Å²) in [6.07, 6.45) is 2.42. The smallest absolute Gasteiger partial charge is 0.178 e. The number of carbonyl (C=O) groups is 1. The fraction of sp³-hybridized carbons (Fsp3) is 0.706. The number of likely N-dealkylation sites (tertiary alicyclic amines) is 1. The van der Waals surface area contributed by atoms with E-state index >= 15 is 0 Å². The lowest BCUT2D eigenvalue weighted by Gasteiger charge is -2.26. The van der Waals surface area contributed by atoms with Gasteiger partial charge in [-0.25, -0.2) is 0 Å². The minimum absolute atomic E-state index is 0.272. The van der Waals surface area contributed by atoms with E-state index in [-0.39, 0.29) is 5.78 Å². The van der Waals surface area contributed by atoms with Crippen LogP contribution in [-0.4, -0.2) is 59.9 Å². The molecular weight excluding hydrogens is 262 g/mol. The second-order valence-electron chi connectivity index (χ2n) is 6.48. The van der Waals surface area contributed by atoms with Crippen LogP contribution < -0.4 is 0 Å². The van der Waals surface area contributed by atoms with Crippen LogP contribution in [0.15, 0.2) is 6.07 Å². The fourth-order valence-corrected chi connectivity index (χ4v) is 3.57. The van der Waals surface area contributed by atoms with Gasteiger partial charge in [-0.3, -0.25) is 9.69 Å². The number of nitrogens with zero attached hydrogens (tertiary/aromatic N) is 3. The number of aromatic nitrogens is 1. The van der Waals surface area contributed by atoms with Gasteiger partial charge in [0.2, 0.25) is 0 Å². The molecule has 0 spiro atoms. The van der Waals surface area contributed by atoms with E-state index in [1.165, 1.54) is 18.5 Å². The molecule has 0 N–H and O–H groups in total. The SMILES string of the molecule is CCn1c(C)cc(C(=O)CN2CCCC2CN(C)C)c1C. The molecule has 1 aliphatic rings. The minimum atomic E-state index is 0.272. The maximum absolute atomic E-state index is 12.7. The average Bonchev–Trinajstić information content (AvgIpc) is 2.94. The van der Waals surface area contributed by atoms with Crippen LogP contribution in [0.5, 0.6) is 0 Å². The lowest BCUT2D eigenvalue weighted by molar-refractivity contribution is 0.0909. The second-order valence-corrected chi connectivity index (χ2v) is 6.48. The van der Waals surface area contributed by atoms with Crippen LogP contribution in [0.4, 0.5) is 0 Å². The summed E-state index contributed by atoms with van der Waals surface area (Å²) in [5, 5.41) is 0. The van der Waals surface area contributed by atoms with Gasteiger partial charge in [0.25, 0.3) is 0 Å². The summed E-state index contributed by atoms with van der Waals surface area (Å²) in [6, 6.07) is 2.58. The van der Waals surface area contributed by atoms with Crippen molar-refractivity contribution in [2.24, 2.45) is 0 Å². The highest BCUT2D eigenvalue weighted by molar-refractivity contribution is 5.99. The largest absolute Gasteiger partial charge is 0.349 e. The molecule has 0 radical (unpaired) electrons. The van der Waals surface area contributed by atoms with E-state index in [0.29, 0.717) is 12.6 Å². The van der Waals surface area contributed by atoms with E-state index in [2.05, 4.69) is 55.3 Å². The van der Waals surface area contributed by atoms with E-state index in [4.69, 9.17) is 0 Å². The number of hydrogen-bond donors (Lipinski definition) is 0. The Labute approximate surface area is 128 Å². The van der Waals surface area contributed by atoms with Crippen molar-refractivity contribution in [1.29, 1.82) is 0 Å². The lowest BCUT2D eigenvalue weighted by Crippen LogP contribution is -2.40. The Morgan fingerprint density at radius 1 is 1.38 bits per heavy atom. The second kappa shape index (κ2) is 6.75. The Balaban J connectivity index is 2.07. The third-order valence-corrected chi connectivity index (χ3v) is 4.61. The highest BCUT2D eigenvalue weighted by Crippen LogP contribution is 2.20. The molecule has 118 valence electrons. The topological polar surface area (TPSA) is 28.5 Å². The van der Waals surface area contributed by atoms with Gasteiger partial charge < -0.3 is 9.47 Å². The number of ketones is 1. The van der Waals surface area contributed by atoms with Gasteiger partial charge in [-0.2, -0.15) is 0 Å². The molecule has 1 fully saturated rings. The normalized spacial score (nSPS) is 19.6. The van der Waals surface area contributed by atoms with Crippen molar-refractivity contribution in [2.45, 2.75) is 46.2 Å². The molecule has 0 aliphatic carbocycles. The molecule has 2 heterocycles. The molecule has 1 aromatic rings. The van der Waals surface area contributed by atoms with Gasteiger partial charge in [0.15, 0.2) is 5.78 Å². The van der Waals surface area contributed by atoms with E-state index in [0.717, 1.165) is 30.9 Å². The van der Waals surface area contributed by atoms with Crippen molar-refractivity contribution >= 4 is 5.78 Å². The first kappa shape index (κ1) is 16.2. The van der Waals surface area contributed by atoms with E-state index in [1.54, 1.807) is 0 Å². The minimum Gasteiger partial charge on any atom is -0.349 e. The maximum Gasteiger partial charge on any atom is 0.178 e. The number of aryl methyl sites for hydroxylation is 1. The predicted molar refractivity (Wildman–Crippen MR) is 87.1 cm³/mol. The molecule has 4 nitrogen and oxygen atoms in total. The third kappa shape index (κ3) is 3.55. The van der Waals surface area contributed by atoms with Gasteiger partial charge in [0, 0.05) is 36.1 Å². The maximum atomic E-state index is 12.7. The summed E-state index contributed by atoms with van der Waals surface area (Å²) in [4.78, 5) is 17.2. The zero-order chi connectivity index (χ0) is 15.6. The molecule has 1 unspecified atom stereocenters. The number of likely N-dealkylation sites (N-methyl/N-ethyl adjacent to an activating group) is 1. The van der Waals surface area contributed by atoms with Crippen LogP contribution in [0.3, 0.4) is 0 Å². The van der Waals surface area contributed by atoms with Crippen molar-refractivity contribution in [3.63, 3.8) is 0 Å². The van der Waals surface area contributed by atoms with Crippen LogP contribution in [0, 0.1) is 13.8 Å². The van der Waals surface area contributed by atoms with Crippen LogP contribution in [0.2, 0.25) is 0 Å². The first-order valence-electron chi connectivity index (χ1n) is 8.02. The molecule has 0 bridgehead atoms. The van der Waals surface area contributed by atoms with Crippen molar-refractivity contribution in [1.82, 2.24) is 14.4 Å². The standard InChI is InChI=1S/C17H29N3O/c1-6-20-13(2)10-16(14(20)3)17(21)12-19-9-7-8-15(19)11-18(4)5/h10,15H,6-9,11-12H2,1-5H3. The quantitative estimate of drug-likeness (QED) is 0.753. The van der Waals surface area contributed by atoms with Gasteiger partial charge in [-0.15, -0.1) is 0 Å². The van der Waals surface area contributed by atoms with Crippen LogP contribution >= 0.6 is 0 Å². The molecule has 1 atom stereocenters. The van der Waals surface area contributed by atoms with Crippen molar-refractivity contribution in [2.75, 3.05) is 33.7 Å². The number of rotatable bonds is 6. The summed E-state index contributed by atoms with van der Waals surface area (Å²) in [5.74, 6) is 0.272. The highest BCUT2D eigenvalue weighted by Gasteiger charge is 2.27. The predicted octanol–water partition coefficient (Wildman–Crippen LogP) is 2.33. The summed E-state index contributed by atoms with van der Waals surface area (Å²) in [5.41, 5.74) is 3.21. The molecule has 0 aromatic carbocycles. The summed E-state index contributed by atoms with van der Waals surface area (Å²) in [6.45, 7) is 9.85.